The zero-order valence-electron chi connectivity index (χ0n) is 30.1. The molecule has 1 aliphatic rings. The molecule has 0 saturated carbocycles. The molecule has 0 unspecified atom stereocenters. The number of ether oxygens (including phenoxy) is 2. The number of amides is 4. The summed E-state index contributed by atoms with van der Waals surface area (Å²) in [5.74, 6) is -3.04. The van der Waals surface area contributed by atoms with Crippen LogP contribution >= 0.6 is 11.6 Å². The van der Waals surface area contributed by atoms with Crippen LogP contribution in [0.5, 0.6) is 5.75 Å². The average molecular weight is 732 g/mol. The number of benzene rings is 2. The Balaban J connectivity index is 1.57. The van der Waals surface area contributed by atoms with E-state index in [2.05, 4.69) is 25.9 Å². The van der Waals surface area contributed by atoms with Crippen LogP contribution in [0.2, 0.25) is 5.02 Å². The van der Waals surface area contributed by atoms with Gasteiger partial charge in [0.05, 0.1) is 24.0 Å². The Morgan fingerprint density at radius 2 is 1.75 bits per heavy atom. The molecule has 4 rings (SSSR count). The van der Waals surface area contributed by atoms with Crippen LogP contribution in [0.4, 0.5) is 30.8 Å². The maximum absolute atomic E-state index is 14.7. The van der Waals surface area contributed by atoms with Crippen LogP contribution in [-0.2, 0) is 19.1 Å². The number of likely N-dealkylation sites (N-methyl/N-ethyl adjacent to an activating group) is 1. The highest BCUT2D eigenvalue weighted by Gasteiger charge is 2.43. The van der Waals surface area contributed by atoms with Crippen molar-refractivity contribution in [3.8, 4) is 5.75 Å². The standard InChI is InChI=1S/C35H44ClF2N7O6/c1-18(44(8)33(49)51-35(5,6)7)30(46)43-28(34(2,3)4)32(48)45-14-10-11-24(45)31(47)42-23-15-19-22(16-25(23)50-9)39-17-40-29(19)41-21-13-12-20(37)26(36)27(21)38/h12-13,15-18,24,28H,10-11,14H2,1-9H3,(H,42,47)(H,43,46)(H,39,40,41)/t18-,24-,28+/m0/s1. The van der Waals surface area contributed by atoms with Gasteiger partial charge in [-0.3, -0.25) is 19.3 Å². The first-order valence-corrected chi connectivity index (χ1v) is 16.7. The van der Waals surface area contributed by atoms with Crippen molar-refractivity contribution < 1.29 is 37.4 Å². The highest BCUT2D eigenvalue weighted by atomic mass is 35.5. The van der Waals surface area contributed by atoms with E-state index < -0.39 is 69.6 Å². The number of halogens is 3. The van der Waals surface area contributed by atoms with Crippen molar-refractivity contribution in [2.75, 3.05) is 31.3 Å². The summed E-state index contributed by atoms with van der Waals surface area (Å²) in [6, 6.07) is 2.41. The Morgan fingerprint density at radius 3 is 2.37 bits per heavy atom. The number of rotatable bonds is 9. The molecule has 4 amide bonds. The number of aromatic nitrogens is 2. The maximum Gasteiger partial charge on any atom is 0.410 e. The number of hydrogen-bond donors (Lipinski definition) is 3. The van der Waals surface area contributed by atoms with E-state index in [0.29, 0.717) is 23.7 Å². The molecule has 0 bridgehead atoms. The first kappa shape index (κ1) is 39.0. The highest BCUT2D eigenvalue weighted by molar-refractivity contribution is 6.31. The van der Waals surface area contributed by atoms with Gasteiger partial charge in [0.1, 0.15) is 52.5 Å². The summed E-state index contributed by atoms with van der Waals surface area (Å²) in [6.07, 6.45) is 1.45. The molecule has 3 N–H and O–H groups in total. The van der Waals surface area contributed by atoms with Gasteiger partial charge in [-0.25, -0.2) is 23.5 Å². The molecular weight excluding hydrogens is 688 g/mol. The molecule has 1 saturated heterocycles. The van der Waals surface area contributed by atoms with Gasteiger partial charge in [-0.2, -0.15) is 0 Å². The van der Waals surface area contributed by atoms with E-state index in [1.807, 2.05) is 0 Å². The van der Waals surface area contributed by atoms with Crippen molar-refractivity contribution in [3.63, 3.8) is 0 Å². The van der Waals surface area contributed by atoms with Crippen LogP contribution < -0.4 is 20.7 Å². The number of carbonyl (C=O) groups is 4. The molecule has 1 fully saturated rings. The van der Waals surface area contributed by atoms with Gasteiger partial charge in [0.25, 0.3) is 0 Å². The fraction of sp³-hybridized carbons (Fsp3) is 0.486. The third kappa shape index (κ3) is 8.93. The van der Waals surface area contributed by atoms with Gasteiger partial charge in [0.2, 0.25) is 17.7 Å². The van der Waals surface area contributed by atoms with Crippen LogP contribution in [0.3, 0.4) is 0 Å². The largest absolute Gasteiger partial charge is 0.494 e. The lowest BCUT2D eigenvalue weighted by atomic mass is 9.85. The number of nitrogens with one attached hydrogen (secondary N) is 3. The Bertz CT molecular complexity index is 1830. The summed E-state index contributed by atoms with van der Waals surface area (Å²) >= 11 is 5.76. The minimum absolute atomic E-state index is 0.130. The van der Waals surface area contributed by atoms with Crippen LogP contribution in [0, 0.1) is 17.0 Å². The monoisotopic (exact) mass is 731 g/mol. The Morgan fingerprint density at radius 1 is 1.06 bits per heavy atom. The summed E-state index contributed by atoms with van der Waals surface area (Å²) in [5.41, 5.74) is -1.04. The van der Waals surface area contributed by atoms with Crippen molar-refractivity contribution >= 4 is 63.5 Å². The molecule has 2 heterocycles. The lowest BCUT2D eigenvalue weighted by Crippen LogP contribution is -2.59. The van der Waals surface area contributed by atoms with Crippen molar-refractivity contribution in [3.05, 3.63) is 47.2 Å². The van der Waals surface area contributed by atoms with E-state index in [1.54, 1.807) is 53.7 Å². The van der Waals surface area contributed by atoms with Gasteiger partial charge >= 0.3 is 6.09 Å². The van der Waals surface area contributed by atoms with E-state index in [0.717, 1.165) is 11.0 Å². The van der Waals surface area contributed by atoms with Crippen LogP contribution in [0.1, 0.15) is 61.3 Å². The molecule has 1 aliphatic heterocycles. The number of likely N-dealkylation sites (tertiary alicyclic amines) is 1. The fourth-order valence-corrected chi connectivity index (χ4v) is 5.63. The predicted octanol–water partition coefficient (Wildman–Crippen LogP) is 6.03. The Hall–Kier alpha value is -4.79. The summed E-state index contributed by atoms with van der Waals surface area (Å²) in [5, 5.41) is 8.15. The second-order valence-electron chi connectivity index (χ2n) is 14.4. The summed E-state index contributed by atoms with van der Waals surface area (Å²) in [6.45, 7) is 12.3. The molecule has 16 heteroatoms. The van der Waals surface area contributed by atoms with Crippen molar-refractivity contribution in [1.29, 1.82) is 0 Å². The van der Waals surface area contributed by atoms with Crippen molar-refractivity contribution in [1.82, 2.24) is 25.1 Å². The first-order valence-electron chi connectivity index (χ1n) is 16.3. The molecule has 0 spiro atoms. The summed E-state index contributed by atoms with van der Waals surface area (Å²) in [4.78, 5) is 65.0. The average Bonchev–Trinajstić information content (AvgIpc) is 3.55. The van der Waals surface area contributed by atoms with E-state index >= 15 is 0 Å². The molecule has 0 radical (unpaired) electrons. The second-order valence-corrected chi connectivity index (χ2v) is 14.8. The quantitative estimate of drug-likeness (QED) is 0.224. The minimum Gasteiger partial charge on any atom is -0.494 e. The molecular formula is C35H44ClF2N7O6. The zero-order valence-corrected chi connectivity index (χ0v) is 30.9. The van der Waals surface area contributed by atoms with Crippen molar-refractivity contribution in [2.45, 2.75) is 85.0 Å². The molecule has 276 valence electrons. The molecule has 1 aromatic heterocycles. The fourth-order valence-electron chi connectivity index (χ4n) is 5.46. The lowest BCUT2D eigenvalue weighted by molar-refractivity contribution is -0.143. The zero-order chi connectivity index (χ0) is 38.0. The lowest BCUT2D eigenvalue weighted by Gasteiger charge is -2.36. The van der Waals surface area contributed by atoms with E-state index in [1.165, 1.54) is 38.4 Å². The first-order chi connectivity index (χ1) is 23.7. The number of fused-ring (bicyclic) bond motifs is 1. The molecule has 3 aromatic rings. The number of nitrogens with zero attached hydrogens (tertiary/aromatic N) is 4. The van der Waals surface area contributed by atoms with Crippen LogP contribution in [-0.4, -0.2) is 88.0 Å². The summed E-state index contributed by atoms with van der Waals surface area (Å²) < 4.78 is 39.4. The van der Waals surface area contributed by atoms with Gasteiger partial charge in [-0.05, 0) is 64.2 Å². The number of methoxy groups -OCH3 is 1. The van der Waals surface area contributed by atoms with Gasteiger partial charge in [0, 0.05) is 25.0 Å². The predicted molar refractivity (Wildman–Crippen MR) is 189 cm³/mol. The van der Waals surface area contributed by atoms with Gasteiger partial charge in [0.15, 0.2) is 5.82 Å². The molecule has 51 heavy (non-hydrogen) atoms. The van der Waals surface area contributed by atoms with Crippen LogP contribution in [0.15, 0.2) is 30.6 Å². The topological polar surface area (TPSA) is 155 Å². The smallest absolute Gasteiger partial charge is 0.410 e. The van der Waals surface area contributed by atoms with E-state index in [9.17, 15) is 28.0 Å². The number of anilines is 3. The van der Waals surface area contributed by atoms with Gasteiger partial charge in [-0.1, -0.05) is 32.4 Å². The SMILES string of the molecule is COc1cc2ncnc(Nc3ccc(F)c(Cl)c3F)c2cc1NC(=O)[C@@H]1CCCN1C(=O)[C@@H](NC(=O)[C@H](C)N(C)C(=O)OC(C)(C)C)C(C)(C)C. The molecule has 2 aromatic carbocycles. The molecule has 3 atom stereocenters. The normalized spacial score (nSPS) is 15.9. The third-order valence-electron chi connectivity index (χ3n) is 8.38. The summed E-state index contributed by atoms with van der Waals surface area (Å²) in [7, 11) is 2.85. The second kappa shape index (κ2) is 15.2. The molecule has 13 nitrogen and oxygen atoms in total. The van der Waals surface area contributed by atoms with Crippen LogP contribution in [0.25, 0.3) is 10.9 Å². The minimum atomic E-state index is -1.03. The molecule has 0 aliphatic carbocycles. The Kier molecular flexibility index (Phi) is 11.6. The highest BCUT2D eigenvalue weighted by Crippen LogP contribution is 2.35. The van der Waals surface area contributed by atoms with Crippen molar-refractivity contribution in [2.24, 2.45) is 5.41 Å². The van der Waals surface area contributed by atoms with Gasteiger partial charge in [-0.15, -0.1) is 0 Å². The number of hydrogen-bond acceptors (Lipinski definition) is 9. The third-order valence-corrected chi connectivity index (χ3v) is 8.73. The van der Waals surface area contributed by atoms with E-state index in [4.69, 9.17) is 21.1 Å². The number of carbonyl (C=O) groups excluding carboxylic acids is 4. The maximum atomic E-state index is 14.7. The van der Waals surface area contributed by atoms with E-state index in [-0.39, 0.29) is 29.5 Å². The Labute approximate surface area is 300 Å². The van der Waals surface area contributed by atoms with Gasteiger partial charge < -0.3 is 30.3 Å².